The molecule has 78 valence electrons. The molecule has 1 aliphatic rings. The number of benzene rings is 1. The summed E-state index contributed by atoms with van der Waals surface area (Å²) < 4.78 is 0. The van der Waals surface area contributed by atoms with Gasteiger partial charge in [0.25, 0.3) is 0 Å². The molecule has 0 aromatic heterocycles. The van der Waals surface area contributed by atoms with Crippen molar-refractivity contribution in [2.24, 2.45) is 4.99 Å². The number of aliphatic carboxylic acids is 1. The van der Waals surface area contributed by atoms with Crippen LogP contribution in [0.1, 0.15) is 24.0 Å². The minimum absolute atomic E-state index is 0.541. The van der Waals surface area contributed by atoms with Gasteiger partial charge >= 0.3 is 5.97 Å². The van der Waals surface area contributed by atoms with Crippen LogP contribution in [0.25, 0.3) is 0 Å². The Morgan fingerprint density at radius 3 is 2.93 bits per heavy atom. The van der Waals surface area contributed by atoms with E-state index in [2.05, 4.69) is 4.99 Å². The van der Waals surface area contributed by atoms with Crippen molar-refractivity contribution in [2.45, 2.75) is 25.8 Å². The fourth-order valence-corrected chi connectivity index (χ4v) is 1.81. The highest BCUT2D eigenvalue weighted by Gasteiger charge is 2.24. The predicted octanol–water partition coefficient (Wildman–Crippen LogP) is 2.03. The summed E-state index contributed by atoms with van der Waals surface area (Å²) in [4.78, 5) is 15.0. The van der Waals surface area contributed by atoms with Gasteiger partial charge in [0.15, 0.2) is 0 Å². The lowest BCUT2D eigenvalue weighted by atomic mass is 10.0. The van der Waals surface area contributed by atoms with Crippen LogP contribution in [0.5, 0.6) is 0 Å². The molecule has 0 unspecified atom stereocenters. The van der Waals surface area contributed by atoms with Crippen LogP contribution in [0.3, 0.4) is 0 Å². The third-order valence-electron chi connectivity index (χ3n) is 2.60. The Kier molecular flexibility index (Phi) is 2.54. The number of hydrogen-bond donors (Lipinski definition) is 1. The average molecular weight is 203 g/mol. The largest absolute Gasteiger partial charge is 0.480 e. The van der Waals surface area contributed by atoms with E-state index in [0.717, 1.165) is 17.7 Å². The van der Waals surface area contributed by atoms with E-state index in [9.17, 15) is 4.79 Å². The average Bonchev–Trinajstić information content (AvgIpc) is 2.66. The molecule has 0 saturated carbocycles. The van der Waals surface area contributed by atoms with E-state index in [1.807, 2.05) is 31.2 Å². The van der Waals surface area contributed by atoms with Crippen LogP contribution >= 0.6 is 0 Å². The molecule has 1 atom stereocenters. The van der Waals surface area contributed by atoms with Crippen LogP contribution in [-0.2, 0) is 4.79 Å². The van der Waals surface area contributed by atoms with Crippen molar-refractivity contribution < 1.29 is 9.90 Å². The highest BCUT2D eigenvalue weighted by atomic mass is 16.4. The Hall–Kier alpha value is -1.64. The maximum Gasteiger partial charge on any atom is 0.328 e. The number of carbonyl (C=O) groups is 1. The van der Waals surface area contributed by atoms with E-state index < -0.39 is 12.0 Å². The van der Waals surface area contributed by atoms with Crippen molar-refractivity contribution in [1.82, 2.24) is 0 Å². The van der Waals surface area contributed by atoms with Gasteiger partial charge in [-0.2, -0.15) is 0 Å². The third-order valence-corrected chi connectivity index (χ3v) is 2.60. The fraction of sp³-hybridized carbons (Fsp3) is 0.333. The first-order valence-electron chi connectivity index (χ1n) is 5.03. The molecule has 1 aliphatic heterocycles. The maximum absolute atomic E-state index is 10.7. The lowest BCUT2D eigenvalue weighted by Crippen LogP contribution is -2.13. The number of nitrogens with zero attached hydrogens (tertiary/aromatic N) is 1. The molecule has 1 aromatic carbocycles. The van der Waals surface area contributed by atoms with Gasteiger partial charge in [0, 0.05) is 5.71 Å². The molecule has 3 nitrogen and oxygen atoms in total. The van der Waals surface area contributed by atoms with Gasteiger partial charge in [-0.05, 0) is 25.3 Å². The zero-order valence-electron chi connectivity index (χ0n) is 8.60. The Morgan fingerprint density at radius 2 is 2.33 bits per heavy atom. The molecule has 0 bridgehead atoms. The Bertz CT molecular complexity index is 423. The maximum atomic E-state index is 10.7. The fourth-order valence-electron chi connectivity index (χ4n) is 1.81. The van der Waals surface area contributed by atoms with E-state index in [0.29, 0.717) is 6.42 Å². The van der Waals surface area contributed by atoms with Gasteiger partial charge in [0.05, 0.1) is 0 Å². The lowest BCUT2D eigenvalue weighted by Gasteiger charge is -2.00. The summed E-state index contributed by atoms with van der Waals surface area (Å²) in [5.74, 6) is -0.822. The van der Waals surface area contributed by atoms with Crippen LogP contribution in [0, 0.1) is 6.92 Å². The molecule has 1 aromatic rings. The van der Waals surface area contributed by atoms with Crippen molar-refractivity contribution in [2.75, 3.05) is 0 Å². The van der Waals surface area contributed by atoms with Gasteiger partial charge in [-0.3, -0.25) is 4.99 Å². The van der Waals surface area contributed by atoms with Gasteiger partial charge in [-0.15, -0.1) is 0 Å². The van der Waals surface area contributed by atoms with Crippen molar-refractivity contribution in [3.8, 4) is 0 Å². The number of carboxylic acid groups (broad SMARTS) is 1. The molecular formula is C12H13NO2. The van der Waals surface area contributed by atoms with Crippen LogP contribution < -0.4 is 0 Å². The number of rotatable bonds is 2. The number of hydrogen-bond acceptors (Lipinski definition) is 2. The normalized spacial score (nSPS) is 20.1. The van der Waals surface area contributed by atoms with Crippen LogP contribution in [-0.4, -0.2) is 22.8 Å². The Labute approximate surface area is 88.5 Å². The monoisotopic (exact) mass is 203 g/mol. The molecule has 0 saturated heterocycles. The minimum atomic E-state index is -0.822. The summed E-state index contributed by atoms with van der Waals surface area (Å²) in [5.41, 5.74) is 3.15. The van der Waals surface area contributed by atoms with E-state index in [1.165, 1.54) is 5.56 Å². The molecule has 0 amide bonds. The predicted molar refractivity (Wildman–Crippen MR) is 58.4 cm³/mol. The molecule has 0 spiro atoms. The molecule has 2 rings (SSSR count). The zero-order chi connectivity index (χ0) is 10.8. The van der Waals surface area contributed by atoms with Crippen LogP contribution in [0.15, 0.2) is 29.3 Å². The zero-order valence-corrected chi connectivity index (χ0v) is 8.60. The molecule has 0 fully saturated rings. The van der Waals surface area contributed by atoms with Crippen molar-refractivity contribution in [3.05, 3.63) is 35.4 Å². The summed E-state index contributed by atoms with van der Waals surface area (Å²) in [7, 11) is 0. The molecular weight excluding hydrogens is 190 g/mol. The van der Waals surface area contributed by atoms with Crippen molar-refractivity contribution >= 4 is 11.7 Å². The van der Waals surface area contributed by atoms with E-state index in [1.54, 1.807) is 0 Å². The van der Waals surface area contributed by atoms with Gasteiger partial charge in [-0.25, -0.2) is 4.79 Å². The summed E-state index contributed by atoms with van der Waals surface area (Å²) in [6, 6.07) is 7.48. The standard InChI is InChI=1S/C12H13NO2/c1-8-3-2-4-9(7-8)10-5-6-11(13-10)12(14)15/h2-4,7,11H,5-6H2,1H3,(H,14,15)/t11-/m1/s1. The first kappa shape index (κ1) is 9.90. The SMILES string of the molecule is Cc1cccc(C2=N[C@@H](C(=O)O)CC2)c1. The van der Waals surface area contributed by atoms with Gasteiger partial charge in [0.2, 0.25) is 0 Å². The number of aryl methyl sites for hydroxylation is 1. The number of aliphatic imine (C=N–C) groups is 1. The highest BCUT2D eigenvalue weighted by molar-refractivity contribution is 6.03. The van der Waals surface area contributed by atoms with E-state index in [4.69, 9.17) is 5.11 Å². The Morgan fingerprint density at radius 1 is 1.53 bits per heavy atom. The smallest absolute Gasteiger partial charge is 0.328 e. The summed E-state index contributed by atoms with van der Waals surface area (Å²) in [6.45, 7) is 2.02. The molecule has 0 radical (unpaired) electrons. The molecule has 0 aliphatic carbocycles. The Balaban J connectivity index is 2.26. The second kappa shape index (κ2) is 3.85. The summed E-state index contributed by atoms with van der Waals surface area (Å²) in [5, 5.41) is 8.83. The quantitative estimate of drug-likeness (QED) is 0.799. The number of carboxylic acids is 1. The summed E-state index contributed by atoms with van der Waals surface area (Å²) in [6.07, 6.45) is 1.39. The minimum Gasteiger partial charge on any atom is -0.480 e. The van der Waals surface area contributed by atoms with Crippen LogP contribution in [0.4, 0.5) is 0 Å². The highest BCUT2D eigenvalue weighted by Crippen LogP contribution is 2.19. The lowest BCUT2D eigenvalue weighted by molar-refractivity contribution is -0.138. The third kappa shape index (κ3) is 2.06. The topological polar surface area (TPSA) is 49.7 Å². The van der Waals surface area contributed by atoms with Crippen LogP contribution in [0.2, 0.25) is 0 Å². The van der Waals surface area contributed by atoms with Gasteiger partial charge in [-0.1, -0.05) is 29.8 Å². The van der Waals surface area contributed by atoms with E-state index in [-0.39, 0.29) is 0 Å². The second-order valence-electron chi connectivity index (χ2n) is 3.84. The first-order valence-corrected chi connectivity index (χ1v) is 5.03. The molecule has 1 heterocycles. The van der Waals surface area contributed by atoms with Gasteiger partial charge < -0.3 is 5.11 Å². The molecule has 3 heteroatoms. The molecule has 1 N–H and O–H groups in total. The van der Waals surface area contributed by atoms with E-state index >= 15 is 0 Å². The van der Waals surface area contributed by atoms with Crippen molar-refractivity contribution in [1.29, 1.82) is 0 Å². The van der Waals surface area contributed by atoms with Crippen molar-refractivity contribution in [3.63, 3.8) is 0 Å². The first-order chi connectivity index (χ1) is 7.16. The molecule has 15 heavy (non-hydrogen) atoms. The summed E-state index contributed by atoms with van der Waals surface area (Å²) >= 11 is 0. The van der Waals surface area contributed by atoms with Gasteiger partial charge in [0.1, 0.15) is 6.04 Å². The second-order valence-corrected chi connectivity index (χ2v) is 3.84.